The number of halogens is 3. The van der Waals surface area contributed by atoms with Gasteiger partial charge in [-0.25, -0.2) is 0 Å². The minimum atomic E-state index is -4.30. The fourth-order valence-electron chi connectivity index (χ4n) is 1.67. The monoisotopic (exact) mass is 275 g/mol. The second-order valence-corrected chi connectivity index (χ2v) is 5.05. The highest BCUT2D eigenvalue weighted by molar-refractivity contribution is 5.29. The molecule has 0 aliphatic heterocycles. The second-order valence-electron chi connectivity index (χ2n) is 5.05. The number of methoxy groups -OCH3 is 1. The first-order chi connectivity index (χ1) is 8.76. The Labute approximate surface area is 112 Å². The Kier molecular flexibility index (Phi) is 5.38. The van der Waals surface area contributed by atoms with E-state index in [1.54, 1.807) is 13.2 Å². The molecule has 0 saturated carbocycles. The molecule has 0 atom stereocenters. The van der Waals surface area contributed by atoms with Crippen molar-refractivity contribution >= 4 is 0 Å². The maximum atomic E-state index is 12.8. The van der Waals surface area contributed by atoms with E-state index in [9.17, 15) is 13.2 Å². The molecule has 1 rings (SSSR count). The summed E-state index contributed by atoms with van der Waals surface area (Å²) in [6, 6.07) is 5.62. The number of rotatable bonds is 6. The third-order valence-corrected chi connectivity index (χ3v) is 3.09. The van der Waals surface area contributed by atoms with E-state index in [4.69, 9.17) is 4.74 Å². The summed E-state index contributed by atoms with van der Waals surface area (Å²) in [5, 5.41) is 3.02. The van der Waals surface area contributed by atoms with Crippen molar-refractivity contribution in [3.8, 4) is 0 Å². The molecule has 5 heteroatoms. The standard InChI is InChI=1S/C14H20F3NO/c1-13(2,19-3)8-9-18-10-11-6-4-5-7-12(11)14(15,16)17/h4-7,18H,8-10H2,1-3H3. The van der Waals surface area contributed by atoms with Gasteiger partial charge in [0, 0.05) is 13.7 Å². The molecular formula is C14H20F3NO. The zero-order valence-electron chi connectivity index (χ0n) is 11.5. The summed E-state index contributed by atoms with van der Waals surface area (Å²) in [7, 11) is 1.62. The van der Waals surface area contributed by atoms with Crippen molar-refractivity contribution in [3.63, 3.8) is 0 Å². The van der Waals surface area contributed by atoms with Crippen LogP contribution in [0.5, 0.6) is 0 Å². The normalized spacial score (nSPS) is 12.7. The molecule has 1 aromatic carbocycles. The summed E-state index contributed by atoms with van der Waals surface area (Å²) >= 11 is 0. The summed E-state index contributed by atoms with van der Waals surface area (Å²) in [6.45, 7) is 4.69. The van der Waals surface area contributed by atoms with Crippen molar-refractivity contribution in [2.75, 3.05) is 13.7 Å². The van der Waals surface area contributed by atoms with Gasteiger partial charge in [0.05, 0.1) is 11.2 Å². The molecule has 0 unspecified atom stereocenters. The van der Waals surface area contributed by atoms with Gasteiger partial charge in [0.15, 0.2) is 0 Å². The lowest BCUT2D eigenvalue weighted by molar-refractivity contribution is -0.138. The van der Waals surface area contributed by atoms with Crippen molar-refractivity contribution in [3.05, 3.63) is 35.4 Å². The number of benzene rings is 1. The molecule has 1 aromatic rings. The van der Waals surface area contributed by atoms with E-state index in [1.165, 1.54) is 12.1 Å². The van der Waals surface area contributed by atoms with Gasteiger partial charge < -0.3 is 10.1 Å². The van der Waals surface area contributed by atoms with E-state index in [0.717, 1.165) is 12.5 Å². The molecule has 0 amide bonds. The average molecular weight is 275 g/mol. The van der Waals surface area contributed by atoms with Gasteiger partial charge in [0.25, 0.3) is 0 Å². The van der Waals surface area contributed by atoms with E-state index in [1.807, 2.05) is 13.8 Å². The summed E-state index contributed by atoms with van der Waals surface area (Å²) in [5.41, 5.74) is -0.574. The first-order valence-corrected chi connectivity index (χ1v) is 6.17. The van der Waals surface area contributed by atoms with Gasteiger partial charge in [-0.1, -0.05) is 18.2 Å². The Hall–Kier alpha value is -1.07. The van der Waals surface area contributed by atoms with Crippen LogP contribution in [0.4, 0.5) is 13.2 Å². The van der Waals surface area contributed by atoms with E-state index in [0.29, 0.717) is 6.54 Å². The highest BCUT2D eigenvalue weighted by atomic mass is 19.4. The third-order valence-electron chi connectivity index (χ3n) is 3.09. The van der Waals surface area contributed by atoms with Crippen LogP contribution in [0.1, 0.15) is 31.4 Å². The van der Waals surface area contributed by atoms with Gasteiger partial charge in [-0.2, -0.15) is 13.2 Å². The Balaban J connectivity index is 2.55. The van der Waals surface area contributed by atoms with Crippen LogP contribution in [0.3, 0.4) is 0 Å². The predicted octanol–water partition coefficient (Wildman–Crippen LogP) is 3.61. The lowest BCUT2D eigenvalue weighted by Crippen LogP contribution is -2.29. The van der Waals surface area contributed by atoms with Crippen molar-refractivity contribution < 1.29 is 17.9 Å². The quantitative estimate of drug-likeness (QED) is 0.801. The molecule has 2 nitrogen and oxygen atoms in total. The Morgan fingerprint density at radius 1 is 1.16 bits per heavy atom. The molecule has 0 bridgehead atoms. The molecule has 0 saturated heterocycles. The summed E-state index contributed by atoms with van der Waals surface area (Å²) in [4.78, 5) is 0. The lowest BCUT2D eigenvalue weighted by Gasteiger charge is -2.23. The molecule has 0 aliphatic carbocycles. The maximum absolute atomic E-state index is 12.8. The number of hydrogen-bond donors (Lipinski definition) is 1. The van der Waals surface area contributed by atoms with Crippen LogP contribution in [0, 0.1) is 0 Å². The molecule has 0 heterocycles. The van der Waals surface area contributed by atoms with Gasteiger partial charge in [0.1, 0.15) is 0 Å². The summed E-state index contributed by atoms with van der Waals surface area (Å²) in [5.74, 6) is 0. The Morgan fingerprint density at radius 3 is 2.37 bits per heavy atom. The molecular weight excluding hydrogens is 255 g/mol. The lowest BCUT2D eigenvalue weighted by atomic mass is 10.0. The molecule has 19 heavy (non-hydrogen) atoms. The van der Waals surface area contributed by atoms with E-state index in [2.05, 4.69) is 5.32 Å². The second kappa shape index (κ2) is 6.39. The zero-order chi connectivity index (χ0) is 14.5. The smallest absolute Gasteiger partial charge is 0.379 e. The molecule has 0 radical (unpaired) electrons. The van der Waals surface area contributed by atoms with E-state index >= 15 is 0 Å². The van der Waals surface area contributed by atoms with Gasteiger partial charge in [-0.3, -0.25) is 0 Å². The van der Waals surface area contributed by atoms with Gasteiger partial charge in [0.2, 0.25) is 0 Å². The zero-order valence-corrected chi connectivity index (χ0v) is 11.5. The summed E-state index contributed by atoms with van der Waals surface area (Å²) in [6.07, 6.45) is -3.57. The predicted molar refractivity (Wildman–Crippen MR) is 68.9 cm³/mol. The Morgan fingerprint density at radius 2 is 1.79 bits per heavy atom. The van der Waals surface area contributed by atoms with Crippen LogP contribution < -0.4 is 5.32 Å². The number of nitrogens with one attached hydrogen (secondary N) is 1. The largest absolute Gasteiger partial charge is 0.416 e. The van der Waals surface area contributed by atoms with Crippen molar-refractivity contribution in [1.82, 2.24) is 5.32 Å². The molecule has 0 aromatic heterocycles. The Bertz CT molecular complexity index is 402. The van der Waals surface area contributed by atoms with E-state index in [-0.39, 0.29) is 17.7 Å². The van der Waals surface area contributed by atoms with Crippen LogP contribution in [0.25, 0.3) is 0 Å². The van der Waals surface area contributed by atoms with Crippen LogP contribution in [-0.2, 0) is 17.5 Å². The average Bonchev–Trinajstić information content (AvgIpc) is 2.34. The minimum Gasteiger partial charge on any atom is -0.379 e. The highest BCUT2D eigenvalue weighted by Gasteiger charge is 2.32. The van der Waals surface area contributed by atoms with E-state index < -0.39 is 11.7 Å². The van der Waals surface area contributed by atoms with Gasteiger partial charge >= 0.3 is 6.18 Å². The van der Waals surface area contributed by atoms with Crippen LogP contribution >= 0.6 is 0 Å². The fraction of sp³-hybridized carbons (Fsp3) is 0.571. The van der Waals surface area contributed by atoms with Gasteiger partial charge in [-0.15, -0.1) is 0 Å². The topological polar surface area (TPSA) is 21.3 Å². The number of hydrogen-bond acceptors (Lipinski definition) is 2. The van der Waals surface area contributed by atoms with Crippen LogP contribution in [-0.4, -0.2) is 19.3 Å². The van der Waals surface area contributed by atoms with Crippen LogP contribution in [0.2, 0.25) is 0 Å². The first-order valence-electron chi connectivity index (χ1n) is 6.17. The van der Waals surface area contributed by atoms with Crippen molar-refractivity contribution in [2.24, 2.45) is 0 Å². The first kappa shape index (κ1) is 16.0. The molecule has 108 valence electrons. The molecule has 0 aliphatic rings. The van der Waals surface area contributed by atoms with Gasteiger partial charge in [-0.05, 0) is 38.4 Å². The third kappa shape index (κ3) is 5.20. The number of ether oxygens (including phenoxy) is 1. The molecule has 1 N–H and O–H groups in total. The van der Waals surface area contributed by atoms with Crippen molar-refractivity contribution in [1.29, 1.82) is 0 Å². The molecule has 0 fully saturated rings. The maximum Gasteiger partial charge on any atom is 0.416 e. The summed E-state index contributed by atoms with van der Waals surface area (Å²) < 4.78 is 43.5. The SMILES string of the molecule is COC(C)(C)CCNCc1ccccc1C(F)(F)F. The minimum absolute atomic E-state index is 0.204. The fourth-order valence-corrected chi connectivity index (χ4v) is 1.67. The van der Waals surface area contributed by atoms with Crippen LogP contribution in [0.15, 0.2) is 24.3 Å². The molecule has 0 spiro atoms. The number of alkyl halides is 3. The van der Waals surface area contributed by atoms with Crippen molar-refractivity contribution in [2.45, 2.75) is 38.6 Å². The highest BCUT2D eigenvalue weighted by Crippen LogP contribution is 2.31.